The minimum absolute atomic E-state index is 0.506. The maximum Gasteiger partial charge on any atom is 0.153 e. The predicted octanol–water partition coefficient (Wildman–Crippen LogP) is 1.88. The number of aldehydes is 1. The van der Waals surface area contributed by atoms with E-state index in [9.17, 15) is 4.79 Å². The monoisotopic (exact) mass is 198 g/mol. The van der Waals surface area contributed by atoms with Gasteiger partial charge in [-0.3, -0.25) is 4.79 Å². The van der Waals surface area contributed by atoms with E-state index in [0.717, 1.165) is 17.7 Å². The van der Waals surface area contributed by atoms with E-state index in [1.807, 2.05) is 30.3 Å². The molecule has 0 saturated carbocycles. The average Bonchev–Trinajstić information content (AvgIpc) is 2.31. The Balaban J connectivity index is 2.15. The summed E-state index contributed by atoms with van der Waals surface area (Å²) in [5.74, 6) is 0.729. The molecule has 74 valence electrons. The molecule has 15 heavy (non-hydrogen) atoms. The number of aromatic nitrogens is 2. The largest absolute Gasteiger partial charge is 0.298 e. The lowest BCUT2D eigenvalue weighted by Gasteiger charge is -1.99. The zero-order chi connectivity index (χ0) is 10.5. The summed E-state index contributed by atoms with van der Waals surface area (Å²) >= 11 is 0. The Labute approximate surface area is 87.8 Å². The van der Waals surface area contributed by atoms with Crippen LogP contribution in [0.2, 0.25) is 0 Å². The summed E-state index contributed by atoms with van der Waals surface area (Å²) in [5.41, 5.74) is 1.67. The lowest BCUT2D eigenvalue weighted by molar-refractivity contribution is 0.112. The van der Waals surface area contributed by atoms with E-state index in [1.165, 1.54) is 12.4 Å². The van der Waals surface area contributed by atoms with Gasteiger partial charge in [0, 0.05) is 18.8 Å². The highest BCUT2D eigenvalue weighted by atomic mass is 16.1. The van der Waals surface area contributed by atoms with Gasteiger partial charge in [-0.15, -0.1) is 0 Å². The molecule has 2 aromatic rings. The Morgan fingerprint density at radius 2 is 1.73 bits per heavy atom. The summed E-state index contributed by atoms with van der Waals surface area (Å²) in [6.45, 7) is 0. The van der Waals surface area contributed by atoms with Gasteiger partial charge in [0.2, 0.25) is 0 Å². The molecule has 0 aliphatic rings. The van der Waals surface area contributed by atoms with Crippen LogP contribution in [-0.4, -0.2) is 16.3 Å². The number of nitrogens with zero attached hydrogens (tertiary/aromatic N) is 2. The highest BCUT2D eigenvalue weighted by molar-refractivity contribution is 5.73. The fraction of sp³-hybridized carbons (Fsp3) is 0.0833. The highest BCUT2D eigenvalue weighted by Crippen LogP contribution is 2.04. The molecule has 3 nitrogen and oxygen atoms in total. The predicted molar refractivity (Wildman–Crippen MR) is 56.7 cm³/mol. The zero-order valence-electron chi connectivity index (χ0n) is 8.13. The molecule has 3 heteroatoms. The average molecular weight is 198 g/mol. The third-order valence-electron chi connectivity index (χ3n) is 2.07. The van der Waals surface area contributed by atoms with E-state index >= 15 is 0 Å². The van der Waals surface area contributed by atoms with Crippen LogP contribution in [0.3, 0.4) is 0 Å². The van der Waals surface area contributed by atoms with Gasteiger partial charge in [0.05, 0.1) is 5.56 Å². The van der Waals surface area contributed by atoms with Crippen molar-refractivity contribution in [1.82, 2.24) is 9.97 Å². The van der Waals surface area contributed by atoms with Gasteiger partial charge in [-0.1, -0.05) is 30.3 Å². The first-order chi connectivity index (χ1) is 7.38. The van der Waals surface area contributed by atoms with Crippen LogP contribution in [0.15, 0.2) is 42.7 Å². The molecule has 0 saturated heterocycles. The van der Waals surface area contributed by atoms with E-state index < -0.39 is 0 Å². The molecule has 0 unspecified atom stereocenters. The fourth-order valence-corrected chi connectivity index (χ4v) is 1.30. The van der Waals surface area contributed by atoms with Crippen LogP contribution in [0, 0.1) is 0 Å². The molecular formula is C12H10N2O. The molecule has 0 atom stereocenters. The molecular weight excluding hydrogens is 188 g/mol. The number of rotatable bonds is 3. The van der Waals surface area contributed by atoms with Crippen LogP contribution < -0.4 is 0 Å². The smallest absolute Gasteiger partial charge is 0.153 e. The molecule has 1 heterocycles. The van der Waals surface area contributed by atoms with Gasteiger partial charge in [-0.2, -0.15) is 0 Å². The van der Waals surface area contributed by atoms with Gasteiger partial charge >= 0.3 is 0 Å². The number of carbonyl (C=O) groups is 1. The van der Waals surface area contributed by atoms with Gasteiger partial charge in [0.1, 0.15) is 5.82 Å². The lowest BCUT2D eigenvalue weighted by atomic mass is 10.1. The van der Waals surface area contributed by atoms with Crippen molar-refractivity contribution in [2.24, 2.45) is 0 Å². The Hall–Kier alpha value is -2.03. The molecule has 0 N–H and O–H groups in total. The summed E-state index contributed by atoms with van der Waals surface area (Å²) in [6, 6.07) is 9.98. The molecule has 0 radical (unpaired) electrons. The second-order valence-electron chi connectivity index (χ2n) is 3.21. The molecule has 2 rings (SSSR count). The summed E-state index contributed by atoms with van der Waals surface area (Å²) < 4.78 is 0. The fourth-order valence-electron chi connectivity index (χ4n) is 1.30. The molecule has 0 bridgehead atoms. The summed E-state index contributed by atoms with van der Waals surface area (Å²) in [6.07, 6.45) is 4.52. The van der Waals surface area contributed by atoms with Crippen molar-refractivity contribution in [2.45, 2.75) is 6.42 Å². The van der Waals surface area contributed by atoms with Crippen molar-refractivity contribution in [3.8, 4) is 0 Å². The van der Waals surface area contributed by atoms with Crippen LogP contribution in [0.25, 0.3) is 0 Å². The zero-order valence-corrected chi connectivity index (χ0v) is 8.13. The lowest BCUT2D eigenvalue weighted by Crippen LogP contribution is -1.97. The van der Waals surface area contributed by atoms with E-state index in [-0.39, 0.29) is 0 Å². The maximum atomic E-state index is 10.4. The van der Waals surface area contributed by atoms with Gasteiger partial charge in [-0.05, 0) is 5.56 Å². The van der Waals surface area contributed by atoms with Crippen molar-refractivity contribution in [3.63, 3.8) is 0 Å². The van der Waals surface area contributed by atoms with Crippen LogP contribution in [0.5, 0.6) is 0 Å². The van der Waals surface area contributed by atoms with Crippen molar-refractivity contribution >= 4 is 6.29 Å². The molecule has 0 aliphatic heterocycles. The molecule has 1 aromatic heterocycles. The second-order valence-corrected chi connectivity index (χ2v) is 3.21. The third-order valence-corrected chi connectivity index (χ3v) is 2.07. The summed E-state index contributed by atoms with van der Waals surface area (Å²) in [4.78, 5) is 18.6. The molecule has 1 aromatic carbocycles. The maximum absolute atomic E-state index is 10.4. The summed E-state index contributed by atoms with van der Waals surface area (Å²) in [5, 5.41) is 0. The normalized spacial score (nSPS) is 9.87. The third kappa shape index (κ3) is 2.47. The Morgan fingerprint density at radius 3 is 2.33 bits per heavy atom. The van der Waals surface area contributed by atoms with Crippen molar-refractivity contribution in [2.75, 3.05) is 0 Å². The minimum Gasteiger partial charge on any atom is -0.298 e. The number of hydrogen-bond acceptors (Lipinski definition) is 3. The molecule has 0 fully saturated rings. The van der Waals surface area contributed by atoms with Gasteiger partial charge in [-0.25, -0.2) is 9.97 Å². The molecule has 0 aliphatic carbocycles. The SMILES string of the molecule is O=Cc1cnc(Cc2ccccc2)nc1. The first kappa shape index (κ1) is 9.52. The van der Waals surface area contributed by atoms with Crippen LogP contribution in [0.4, 0.5) is 0 Å². The number of benzene rings is 1. The van der Waals surface area contributed by atoms with Crippen molar-refractivity contribution < 1.29 is 4.79 Å². The van der Waals surface area contributed by atoms with Crippen LogP contribution in [-0.2, 0) is 6.42 Å². The van der Waals surface area contributed by atoms with Gasteiger partial charge in [0.25, 0.3) is 0 Å². The van der Waals surface area contributed by atoms with E-state index in [2.05, 4.69) is 9.97 Å². The van der Waals surface area contributed by atoms with E-state index in [1.54, 1.807) is 0 Å². The minimum atomic E-state index is 0.506. The summed E-state index contributed by atoms with van der Waals surface area (Å²) in [7, 11) is 0. The van der Waals surface area contributed by atoms with Crippen molar-refractivity contribution in [3.05, 3.63) is 59.7 Å². The second kappa shape index (κ2) is 4.46. The van der Waals surface area contributed by atoms with E-state index in [0.29, 0.717) is 12.0 Å². The van der Waals surface area contributed by atoms with Crippen LogP contribution >= 0.6 is 0 Å². The van der Waals surface area contributed by atoms with Gasteiger partial charge in [0.15, 0.2) is 6.29 Å². The Bertz CT molecular complexity index is 437. The topological polar surface area (TPSA) is 42.9 Å². The number of hydrogen-bond donors (Lipinski definition) is 0. The van der Waals surface area contributed by atoms with Crippen LogP contribution in [0.1, 0.15) is 21.7 Å². The Kier molecular flexibility index (Phi) is 2.83. The highest BCUT2D eigenvalue weighted by Gasteiger charge is 1.98. The quantitative estimate of drug-likeness (QED) is 0.707. The molecule has 0 spiro atoms. The van der Waals surface area contributed by atoms with Gasteiger partial charge < -0.3 is 0 Å². The number of carbonyl (C=O) groups excluding carboxylic acids is 1. The van der Waals surface area contributed by atoms with Crippen molar-refractivity contribution in [1.29, 1.82) is 0 Å². The molecule has 0 amide bonds. The standard InChI is InChI=1S/C12H10N2O/c15-9-11-7-13-12(14-8-11)6-10-4-2-1-3-5-10/h1-5,7-9H,6H2. The first-order valence-electron chi connectivity index (χ1n) is 4.68. The first-order valence-corrected chi connectivity index (χ1v) is 4.68. The van der Waals surface area contributed by atoms with E-state index in [4.69, 9.17) is 0 Å². The Morgan fingerprint density at radius 1 is 1.07 bits per heavy atom.